The number of fused-ring (bicyclic) bond motifs is 1. The minimum Gasteiger partial charge on any atom is -0.455 e. The molecule has 1 N–H and O–H groups in total. The molecule has 0 amide bonds. The minimum absolute atomic E-state index is 0.328. The fraction of sp³-hybridized carbons (Fsp3) is 0.947. The molecule has 1 aliphatic carbocycles. The molecule has 0 aromatic rings. The highest BCUT2D eigenvalue weighted by Gasteiger charge is 2.73. The Hall–Kier alpha value is -0.650. The van der Waals surface area contributed by atoms with Crippen LogP contribution in [0.2, 0.25) is 0 Å². The molecule has 5 atom stereocenters. The SMILES string of the molecule is CCCC(CC)(C[C@](C)(O)CC)OC(=O)C1OC2(C)CC2(CC)O1. The first-order valence-corrected chi connectivity index (χ1v) is 9.41. The van der Waals surface area contributed by atoms with Crippen LogP contribution in [0.3, 0.4) is 0 Å². The van der Waals surface area contributed by atoms with Crippen LogP contribution in [0.15, 0.2) is 0 Å². The largest absolute Gasteiger partial charge is 0.455 e. The lowest BCUT2D eigenvalue weighted by atomic mass is 9.81. The van der Waals surface area contributed by atoms with Gasteiger partial charge in [-0.3, -0.25) is 0 Å². The Morgan fingerprint density at radius 2 is 1.92 bits per heavy atom. The molecule has 0 bridgehead atoms. The molecular weight excluding hydrogens is 308 g/mol. The quantitative estimate of drug-likeness (QED) is 0.647. The lowest BCUT2D eigenvalue weighted by Gasteiger charge is -2.38. The highest BCUT2D eigenvalue weighted by Crippen LogP contribution is 2.61. The van der Waals surface area contributed by atoms with Gasteiger partial charge in [-0.15, -0.1) is 0 Å². The van der Waals surface area contributed by atoms with E-state index in [1.54, 1.807) is 6.92 Å². The maximum Gasteiger partial charge on any atom is 0.364 e. The lowest BCUT2D eigenvalue weighted by Crippen LogP contribution is -2.45. The minimum atomic E-state index is -0.946. The summed E-state index contributed by atoms with van der Waals surface area (Å²) in [6.45, 7) is 11.8. The predicted molar refractivity (Wildman–Crippen MR) is 91.6 cm³/mol. The van der Waals surface area contributed by atoms with E-state index in [-0.39, 0.29) is 11.2 Å². The number of hydrogen-bond acceptors (Lipinski definition) is 5. The van der Waals surface area contributed by atoms with Crippen molar-refractivity contribution in [1.29, 1.82) is 0 Å². The van der Waals surface area contributed by atoms with Crippen LogP contribution in [0.4, 0.5) is 0 Å². The van der Waals surface area contributed by atoms with Gasteiger partial charge in [0.15, 0.2) is 0 Å². The van der Waals surface area contributed by atoms with Crippen LogP contribution in [0.1, 0.15) is 86.5 Å². The molecule has 1 heterocycles. The van der Waals surface area contributed by atoms with Gasteiger partial charge in [0.1, 0.15) is 16.8 Å². The molecule has 140 valence electrons. The van der Waals surface area contributed by atoms with Crippen LogP contribution in [0.25, 0.3) is 0 Å². The van der Waals surface area contributed by atoms with Gasteiger partial charge < -0.3 is 19.3 Å². The summed E-state index contributed by atoms with van der Waals surface area (Å²) in [4.78, 5) is 12.7. The maximum atomic E-state index is 12.7. The van der Waals surface area contributed by atoms with Crippen molar-refractivity contribution >= 4 is 5.97 Å². The number of aliphatic hydroxyl groups is 1. The molecule has 24 heavy (non-hydrogen) atoms. The van der Waals surface area contributed by atoms with E-state index < -0.39 is 23.5 Å². The van der Waals surface area contributed by atoms with Crippen molar-refractivity contribution in [3.8, 4) is 0 Å². The van der Waals surface area contributed by atoms with Crippen LogP contribution in [-0.4, -0.2) is 39.8 Å². The van der Waals surface area contributed by atoms with E-state index in [1.165, 1.54) is 0 Å². The van der Waals surface area contributed by atoms with Gasteiger partial charge in [0, 0.05) is 12.8 Å². The third-order valence-electron chi connectivity index (χ3n) is 6.06. The second-order valence-electron chi connectivity index (χ2n) is 8.06. The number of rotatable bonds is 9. The summed E-state index contributed by atoms with van der Waals surface area (Å²) in [5.41, 5.74) is -2.22. The first-order valence-electron chi connectivity index (χ1n) is 9.41. The van der Waals surface area contributed by atoms with Crippen molar-refractivity contribution < 1.29 is 24.1 Å². The molecule has 1 saturated heterocycles. The Balaban J connectivity index is 2.08. The van der Waals surface area contributed by atoms with E-state index in [2.05, 4.69) is 6.92 Å². The van der Waals surface area contributed by atoms with Gasteiger partial charge in [-0.05, 0) is 39.5 Å². The second kappa shape index (κ2) is 6.58. The Bertz CT molecular complexity index is 476. The number of carbonyl (C=O) groups is 1. The van der Waals surface area contributed by atoms with Crippen molar-refractivity contribution in [3.05, 3.63) is 0 Å². The highest BCUT2D eigenvalue weighted by molar-refractivity contribution is 5.74. The molecule has 4 unspecified atom stereocenters. The summed E-state index contributed by atoms with van der Waals surface area (Å²) >= 11 is 0. The first-order chi connectivity index (χ1) is 11.1. The van der Waals surface area contributed by atoms with Gasteiger partial charge in [0.05, 0.1) is 5.60 Å². The smallest absolute Gasteiger partial charge is 0.364 e. The van der Waals surface area contributed by atoms with Crippen molar-refractivity contribution in [2.75, 3.05) is 0 Å². The summed E-state index contributed by atoms with van der Waals surface area (Å²) in [7, 11) is 0. The zero-order chi connectivity index (χ0) is 18.2. The fourth-order valence-electron chi connectivity index (χ4n) is 4.05. The van der Waals surface area contributed by atoms with E-state index in [0.717, 1.165) is 19.3 Å². The van der Waals surface area contributed by atoms with E-state index in [0.29, 0.717) is 25.7 Å². The molecule has 2 rings (SSSR count). The third-order valence-corrected chi connectivity index (χ3v) is 6.06. The summed E-state index contributed by atoms with van der Waals surface area (Å²) in [5.74, 6) is -0.460. The number of ether oxygens (including phenoxy) is 3. The summed E-state index contributed by atoms with van der Waals surface area (Å²) in [5, 5.41) is 10.5. The molecule has 1 aliphatic heterocycles. The number of esters is 1. The van der Waals surface area contributed by atoms with E-state index in [9.17, 15) is 9.90 Å². The maximum absolute atomic E-state index is 12.7. The summed E-state index contributed by atoms with van der Waals surface area (Å²) in [6.07, 6.45) is 4.01. The fourth-order valence-corrected chi connectivity index (χ4v) is 4.05. The molecule has 0 aromatic heterocycles. The van der Waals surface area contributed by atoms with Crippen molar-refractivity contribution in [1.82, 2.24) is 0 Å². The first kappa shape index (κ1) is 19.7. The van der Waals surface area contributed by atoms with Gasteiger partial charge in [-0.2, -0.15) is 0 Å². The summed E-state index contributed by atoms with van der Waals surface area (Å²) in [6, 6.07) is 0. The number of hydrogen-bond donors (Lipinski definition) is 1. The van der Waals surface area contributed by atoms with Crippen LogP contribution < -0.4 is 0 Å². The van der Waals surface area contributed by atoms with E-state index in [4.69, 9.17) is 14.2 Å². The van der Waals surface area contributed by atoms with Gasteiger partial charge in [-0.1, -0.05) is 34.1 Å². The lowest BCUT2D eigenvalue weighted by molar-refractivity contribution is -0.207. The van der Waals surface area contributed by atoms with E-state index in [1.807, 2.05) is 27.7 Å². The second-order valence-corrected chi connectivity index (χ2v) is 8.06. The standard InChI is InChI=1S/C19H34O5/c1-7-11-18(9-3,12-16(5,21)8-2)22-14(20)15-23-17(6)13-19(17,10-4)24-15/h15,21H,7-13H2,1-6H3/t15?,16-,17?,18?,19?/m1/s1. The molecule has 5 nitrogen and oxygen atoms in total. The zero-order valence-corrected chi connectivity index (χ0v) is 16.1. The Morgan fingerprint density at radius 1 is 1.25 bits per heavy atom. The van der Waals surface area contributed by atoms with Crippen molar-refractivity contribution in [2.45, 2.75) is 115 Å². The summed E-state index contributed by atoms with van der Waals surface area (Å²) < 4.78 is 17.7. The monoisotopic (exact) mass is 342 g/mol. The molecule has 1 saturated carbocycles. The van der Waals surface area contributed by atoms with Crippen molar-refractivity contribution in [2.24, 2.45) is 0 Å². The van der Waals surface area contributed by atoms with Gasteiger partial charge in [0.2, 0.25) is 0 Å². The highest BCUT2D eigenvalue weighted by atomic mass is 16.8. The normalized spacial score (nSPS) is 36.5. The molecule has 5 heteroatoms. The van der Waals surface area contributed by atoms with Crippen LogP contribution in [-0.2, 0) is 19.0 Å². The van der Waals surface area contributed by atoms with Gasteiger partial charge >= 0.3 is 5.97 Å². The van der Waals surface area contributed by atoms with Gasteiger partial charge in [0.25, 0.3) is 6.29 Å². The topological polar surface area (TPSA) is 65.0 Å². The molecule has 0 spiro atoms. The average Bonchev–Trinajstić information content (AvgIpc) is 2.99. The van der Waals surface area contributed by atoms with Crippen LogP contribution in [0.5, 0.6) is 0 Å². The Morgan fingerprint density at radius 3 is 2.38 bits per heavy atom. The van der Waals surface area contributed by atoms with Gasteiger partial charge in [-0.25, -0.2) is 4.79 Å². The van der Waals surface area contributed by atoms with E-state index >= 15 is 0 Å². The third kappa shape index (κ3) is 3.49. The molecule has 0 radical (unpaired) electrons. The zero-order valence-electron chi connectivity index (χ0n) is 16.1. The molecule has 0 aromatic carbocycles. The average molecular weight is 342 g/mol. The van der Waals surface area contributed by atoms with Crippen molar-refractivity contribution in [3.63, 3.8) is 0 Å². The number of carbonyl (C=O) groups excluding carboxylic acids is 1. The molecular formula is C19H34O5. The predicted octanol–water partition coefficient (Wildman–Crippen LogP) is 3.71. The molecule has 2 fully saturated rings. The Kier molecular flexibility index (Phi) is 5.39. The van der Waals surface area contributed by atoms with Crippen LogP contribution >= 0.6 is 0 Å². The van der Waals surface area contributed by atoms with Crippen LogP contribution in [0, 0.1) is 0 Å². The Labute approximate surface area is 146 Å². The molecule has 2 aliphatic rings.